The van der Waals surface area contributed by atoms with Crippen molar-refractivity contribution < 1.29 is 14.3 Å². The molecule has 4 nitrogen and oxygen atoms in total. The summed E-state index contributed by atoms with van der Waals surface area (Å²) in [6.45, 7) is 6.98. The van der Waals surface area contributed by atoms with E-state index in [2.05, 4.69) is 47.9 Å². The molecule has 1 atom stereocenters. The summed E-state index contributed by atoms with van der Waals surface area (Å²) in [4.78, 5) is 12.1. The summed E-state index contributed by atoms with van der Waals surface area (Å²) >= 11 is 0. The normalized spacial score (nSPS) is 12.1. The van der Waals surface area contributed by atoms with Crippen molar-refractivity contribution in [3.8, 4) is 5.75 Å². The zero-order valence-corrected chi connectivity index (χ0v) is 15.6. The monoisotopic (exact) mass is 351 g/mol. The topological polar surface area (TPSA) is 40.5 Å². The van der Waals surface area contributed by atoms with Crippen molar-refractivity contribution in [1.29, 1.82) is 0 Å². The lowest BCUT2D eigenvalue weighted by atomic mass is 10.2. The second-order valence-corrected chi connectivity index (χ2v) is 6.31. The number of hydrogen-bond donors (Lipinski definition) is 0. The molecule has 0 amide bonds. The van der Waals surface area contributed by atoms with Crippen LogP contribution >= 0.6 is 0 Å². The fraction of sp³-hybridized carbons (Fsp3) is 0.318. The van der Waals surface area contributed by atoms with Gasteiger partial charge in [-0.15, -0.1) is 0 Å². The molecule has 0 saturated carbocycles. The van der Waals surface area contributed by atoms with Crippen LogP contribution in [0.1, 0.15) is 31.5 Å². The molecule has 0 fully saturated rings. The van der Waals surface area contributed by atoms with Gasteiger partial charge in [0.05, 0.1) is 12.1 Å². The average molecular weight is 351 g/mol. The molecular weight excluding hydrogens is 326 g/mol. The fourth-order valence-corrected chi connectivity index (χ4v) is 3.15. The van der Waals surface area contributed by atoms with Crippen LogP contribution in [0.5, 0.6) is 5.75 Å². The number of ether oxygens (including phenoxy) is 2. The smallest absolute Gasteiger partial charge is 0.347 e. The first-order valence-electron chi connectivity index (χ1n) is 9.10. The number of rotatable bonds is 7. The van der Waals surface area contributed by atoms with Gasteiger partial charge in [-0.2, -0.15) is 0 Å². The van der Waals surface area contributed by atoms with Crippen LogP contribution in [0.25, 0.3) is 10.9 Å². The second kappa shape index (κ2) is 8.09. The Hall–Kier alpha value is -2.75. The Bertz CT molecular complexity index is 883. The highest BCUT2D eigenvalue weighted by Crippen LogP contribution is 2.30. The van der Waals surface area contributed by atoms with Gasteiger partial charge in [-0.05, 0) is 44.0 Å². The summed E-state index contributed by atoms with van der Waals surface area (Å²) in [7, 11) is 0. The predicted molar refractivity (Wildman–Crippen MR) is 104 cm³/mol. The molecule has 136 valence electrons. The predicted octanol–water partition coefficient (Wildman–Crippen LogP) is 4.72. The Morgan fingerprint density at radius 1 is 1.08 bits per heavy atom. The molecule has 1 aromatic heterocycles. The van der Waals surface area contributed by atoms with Crippen molar-refractivity contribution in [1.82, 2.24) is 4.57 Å². The van der Waals surface area contributed by atoms with Crippen LogP contribution in [0, 0.1) is 6.92 Å². The Balaban J connectivity index is 1.93. The van der Waals surface area contributed by atoms with Gasteiger partial charge < -0.3 is 14.0 Å². The number of aromatic nitrogens is 1. The first kappa shape index (κ1) is 18.1. The number of esters is 1. The lowest BCUT2D eigenvalue weighted by Crippen LogP contribution is -2.28. The van der Waals surface area contributed by atoms with Crippen LogP contribution in [0.15, 0.2) is 54.6 Å². The van der Waals surface area contributed by atoms with Crippen molar-refractivity contribution in [3.05, 3.63) is 65.9 Å². The van der Waals surface area contributed by atoms with E-state index in [0.29, 0.717) is 13.0 Å². The van der Waals surface area contributed by atoms with E-state index in [9.17, 15) is 4.79 Å². The van der Waals surface area contributed by atoms with E-state index >= 15 is 0 Å². The van der Waals surface area contributed by atoms with Crippen molar-refractivity contribution >= 4 is 16.9 Å². The van der Waals surface area contributed by atoms with E-state index in [1.807, 2.05) is 25.1 Å². The molecule has 0 saturated heterocycles. The molecule has 0 aliphatic rings. The van der Waals surface area contributed by atoms with Crippen LogP contribution in [-0.4, -0.2) is 23.2 Å². The summed E-state index contributed by atoms with van der Waals surface area (Å²) < 4.78 is 13.4. The van der Waals surface area contributed by atoms with Gasteiger partial charge in [0.15, 0.2) is 6.10 Å². The zero-order chi connectivity index (χ0) is 18.5. The van der Waals surface area contributed by atoms with E-state index < -0.39 is 6.10 Å². The van der Waals surface area contributed by atoms with Gasteiger partial charge in [-0.3, -0.25) is 0 Å². The Morgan fingerprint density at radius 3 is 2.54 bits per heavy atom. The third-order valence-electron chi connectivity index (χ3n) is 4.49. The van der Waals surface area contributed by atoms with E-state index in [1.54, 1.807) is 6.92 Å². The fourth-order valence-electron chi connectivity index (χ4n) is 3.15. The van der Waals surface area contributed by atoms with Crippen molar-refractivity contribution in [2.45, 2.75) is 39.8 Å². The lowest BCUT2D eigenvalue weighted by Gasteiger charge is -2.17. The number of carbonyl (C=O) groups excluding carboxylic acids is 1. The first-order valence-corrected chi connectivity index (χ1v) is 9.10. The van der Waals surface area contributed by atoms with Gasteiger partial charge >= 0.3 is 5.97 Å². The molecule has 26 heavy (non-hydrogen) atoms. The lowest BCUT2D eigenvalue weighted by molar-refractivity contribution is -0.151. The number of hydrogen-bond acceptors (Lipinski definition) is 3. The number of carbonyl (C=O) groups is 1. The maximum absolute atomic E-state index is 12.1. The highest BCUT2D eigenvalue weighted by molar-refractivity contribution is 5.88. The molecule has 0 spiro atoms. The molecule has 4 heteroatoms. The van der Waals surface area contributed by atoms with Gasteiger partial charge in [0.1, 0.15) is 5.75 Å². The minimum absolute atomic E-state index is 0.313. The summed E-state index contributed by atoms with van der Waals surface area (Å²) in [6, 6.07) is 18.5. The summed E-state index contributed by atoms with van der Waals surface area (Å²) in [5.41, 5.74) is 3.50. The molecule has 0 N–H and O–H groups in total. The summed E-state index contributed by atoms with van der Waals surface area (Å²) in [5.74, 6) is 0.407. The van der Waals surface area contributed by atoms with Gasteiger partial charge in [-0.25, -0.2) is 4.79 Å². The van der Waals surface area contributed by atoms with E-state index in [-0.39, 0.29) is 5.97 Å². The van der Waals surface area contributed by atoms with E-state index in [1.165, 1.54) is 5.56 Å². The highest BCUT2D eigenvalue weighted by atomic mass is 16.6. The maximum atomic E-state index is 12.1. The first-order chi connectivity index (χ1) is 12.6. The van der Waals surface area contributed by atoms with E-state index in [0.717, 1.165) is 28.9 Å². The molecule has 0 aliphatic heterocycles. The molecule has 2 aromatic carbocycles. The van der Waals surface area contributed by atoms with Gasteiger partial charge in [0.25, 0.3) is 0 Å². The summed E-state index contributed by atoms with van der Waals surface area (Å²) in [6.07, 6.45) is -0.0165. The van der Waals surface area contributed by atoms with E-state index in [4.69, 9.17) is 9.47 Å². The molecule has 1 unspecified atom stereocenters. The second-order valence-electron chi connectivity index (χ2n) is 6.31. The van der Waals surface area contributed by atoms with Gasteiger partial charge in [0.2, 0.25) is 0 Å². The number of nitrogens with zero attached hydrogens (tertiary/aromatic N) is 1. The molecule has 3 rings (SSSR count). The van der Waals surface area contributed by atoms with Crippen LogP contribution in [0.3, 0.4) is 0 Å². The standard InChI is InChI=1S/C22H25NO3/c1-4-20(22(24)25-5-2)26-21-13-9-12-19-18(21)14-16(3)23(19)15-17-10-7-6-8-11-17/h6-14,20H,4-5,15H2,1-3H3. The largest absolute Gasteiger partial charge is 0.478 e. The van der Waals surface area contributed by atoms with Gasteiger partial charge in [-0.1, -0.05) is 43.3 Å². The molecule has 3 aromatic rings. The summed E-state index contributed by atoms with van der Waals surface area (Å²) in [5, 5.41) is 1.02. The van der Waals surface area contributed by atoms with Crippen LogP contribution in [0.4, 0.5) is 0 Å². The van der Waals surface area contributed by atoms with Crippen molar-refractivity contribution in [2.75, 3.05) is 6.61 Å². The maximum Gasteiger partial charge on any atom is 0.347 e. The Morgan fingerprint density at radius 2 is 1.85 bits per heavy atom. The SMILES string of the molecule is CCOC(=O)C(CC)Oc1cccc2c1cc(C)n2Cc1ccccc1. The van der Waals surface area contributed by atoms with Crippen LogP contribution < -0.4 is 4.74 Å². The van der Waals surface area contributed by atoms with Crippen LogP contribution in [-0.2, 0) is 16.1 Å². The molecule has 0 radical (unpaired) electrons. The minimum atomic E-state index is -0.585. The molecular formula is C22H25NO3. The zero-order valence-electron chi connectivity index (χ0n) is 15.6. The quantitative estimate of drug-likeness (QED) is 0.578. The van der Waals surface area contributed by atoms with Crippen molar-refractivity contribution in [3.63, 3.8) is 0 Å². The highest BCUT2D eigenvalue weighted by Gasteiger charge is 2.21. The average Bonchev–Trinajstić information content (AvgIpc) is 2.97. The number of fused-ring (bicyclic) bond motifs is 1. The Kier molecular flexibility index (Phi) is 5.61. The third kappa shape index (κ3) is 3.74. The molecule has 1 heterocycles. The van der Waals surface area contributed by atoms with Crippen LogP contribution in [0.2, 0.25) is 0 Å². The number of aryl methyl sites for hydroxylation is 1. The van der Waals surface area contributed by atoms with Crippen molar-refractivity contribution in [2.24, 2.45) is 0 Å². The third-order valence-corrected chi connectivity index (χ3v) is 4.49. The van der Waals surface area contributed by atoms with Gasteiger partial charge in [0, 0.05) is 17.6 Å². The molecule has 0 aliphatic carbocycles. The Labute approximate surface area is 154 Å². The minimum Gasteiger partial charge on any atom is -0.478 e. The number of benzene rings is 2. The molecule has 0 bridgehead atoms.